The van der Waals surface area contributed by atoms with Crippen molar-refractivity contribution in [1.29, 1.82) is 0 Å². The number of imidazole rings is 1. The topological polar surface area (TPSA) is 17.8 Å². The van der Waals surface area contributed by atoms with Crippen molar-refractivity contribution in [3.8, 4) is 5.69 Å². The van der Waals surface area contributed by atoms with E-state index in [-0.39, 0.29) is 0 Å². The molecule has 0 spiro atoms. The number of para-hydroxylation sites is 1. The zero-order valence-corrected chi connectivity index (χ0v) is 13.8. The number of fused-ring (bicyclic) bond motifs is 1. The molecule has 0 aliphatic carbocycles. The highest BCUT2D eigenvalue weighted by atomic mass is 35.5. The molecule has 0 N–H and O–H groups in total. The molecular weight excluding hydrogens is 350 g/mol. The minimum atomic E-state index is 0.457. The van der Waals surface area contributed by atoms with Crippen LogP contribution in [0.15, 0.2) is 36.4 Å². The van der Waals surface area contributed by atoms with Crippen LogP contribution < -0.4 is 0 Å². The zero-order valence-electron chi connectivity index (χ0n) is 10.8. The van der Waals surface area contributed by atoms with Gasteiger partial charge in [0.1, 0.15) is 11.3 Å². The number of hydrogen-bond donors (Lipinski definition) is 0. The van der Waals surface area contributed by atoms with E-state index in [1.807, 2.05) is 34.9 Å². The lowest BCUT2D eigenvalue weighted by Crippen LogP contribution is -2.03. The van der Waals surface area contributed by atoms with Crippen molar-refractivity contribution in [2.45, 2.75) is 6.42 Å². The van der Waals surface area contributed by atoms with Gasteiger partial charge >= 0.3 is 0 Å². The molecule has 0 aliphatic rings. The van der Waals surface area contributed by atoms with Gasteiger partial charge in [0.25, 0.3) is 0 Å². The predicted molar refractivity (Wildman–Crippen MR) is 90.5 cm³/mol. The Morgan fingerprint density at radius 1 is 0.952 bits per heavy atom. The van der Waals surface area contributed by atoms with E-state index in [4.69, 9.17) is 46.4 Å². The van der Waals surface area contributed by atoms with Gasteiger partial charge in [-0.1, -0.05) is 46.9 Å². The summed E-state index contributed by atoms with van der Waals surface area (Å²) in [5.74, 6) is 1.26. The molecule has 0 atom stereocenters. The molecule has 6 heteroatoms. The first kappa shape index (κ1) is 15.0. The van der Waals surface area contributed by atoms with Crippen LogP contribution in [0.5, 0.6) is 0 Å². The van der Waals surface area contributed by atoms with E-state index in [9.17, 15) is 0 Å². The van der Waals surface area contributed by atoms with Gasteiger partial charge in [-0.25, -0.2) is 4.98 Å². The van der Waals surface area contributed by atoms with E-state index in [2.05, 4.69) is 4.98 Å². The smallest absolute Gasteiger partial charge is 0.115 e. The largest absolute Gasteiger partial charge is 0.295 e. The van der Waals surface area contributed by atoms with Crippen LogP contribution in [0.1, 0.15) is 5.82 Å². The number of hydrogen-bond acceptors (Lipinski definition) is 1. The van der Waals surface area contributed by atoms with E-state index in [1.165, 1.54) is 0 Å². The maximum absolute atomic E-state index is 6.35. The number of benzene rings is 2. The highest BCUT2D eigenvalue weighted by Gasteiger charge is 2.16. The molecule has 0 aliphatic heterocycles. The summed E-state index contributed by atoms with van der Waals surface area (Å²) in [4.78, 5) is 4.59. The van der Waals surface area contributed by atoms with Gasteiger partial charge in [0.15, 0.2) is 0 Å². The standard InChI is InChI=1S/C15H10Cl4N2/c16-8-7-13-20-15-10(18)4-2-6-12(15)21(13)11-5-1-3-9(17)14(11)19/h1-6H,7-8H2. The van der Waals surface area contributed by atoms with E-state index in [1.54, 1.807) is 6.07 Å². The molecule has 0 bridgehead atoms. The van der Waals surface area contributed by atoms with E-state index in [0.717, 1.165) is 22.5 Å². The summed E-state index contributed by atoms with van der Waals surface area (Å²) in [7, 11) is 0. The van der Waals surface area contributed by atoms with Gasteiger partial charge in [-0.15, -0.1) is 11.6 Å². The SMILES string of the molecule is ClCCc1nc2c(Cl)cccc2n1-c1cccc(Cl)c1Cl. The molecule has 0 fully saturated rings. The highest BCUT2D eigenvalue weighted by molar-refractivity contribution is 6.43. The normalized spacial score (nSPS) is 11.2. The molecule has 0 amide bonds. The Kier molecular flexibility index (Phi) is 4.32. The summed E-state index contributed by atoms with van der Waals surface area (Å²) in [6, 6.07) is 11.1. The summed E-state index contributed by atoms with van der Waals surface area (Å²) in [6.45, 7) is 0. The summed E-state index contributed by atoms with van der Waals surface area (Å²) < 4.78 is 1.96. The van der Waals surface area contributed by atoms with Gasteiger partial charge in [0.2, 0.25) is 0 Å². The molecule has 0 saturated carbocycles. The third-order valence-electron chi connectivity index (χ3n) is 3.20. The second kappa shape index (κ2) is 6.05. The van der Waals surface area contributed by atoms with Crippen LogP contribution in [0.25, 0.3) is 16.7 Å². The fourth-order valence-corrected chi connectivity index (χ4v) is 3.06. The van der Waals surface area contributed by atoms with Crippen molar-refractivity contribution in [3.63, 3.8) is 0 Å². The van der Waals surface area contributed by atoms with E-state index < -0.39 is 0 Å². The number of alkyl halides is 1. The summed E-state index contributed by atoms with van der Waals surface area (Å²) in [5.41, 5.74) is 2.39. The predicted octanol–water partition coefficient (Wildman–Crippen LogP) is 5.77. The average molecular weight is 360 g/mol. The Morgan fingerprint density at radius 3 is 2.43 bits per heavy atom. The van der Waals surface area contributed by atoms with Crippen LogP contribution in [-0.4, -0.2) is 15.4 Å². The molecule has 1 heterocycles. The summed E-state index contributed by atoms with van der Waals surface area (Å²) in [6.07, 6.45) is 0.607. The Morgan fingerprint density at radius 2 is 1.67 bits per heavy atom. The Bertz CT molecular complexity index is 811. The van der Waals surface area contributed by atoms with Gasteiger partial charge < -0.3 is 0 Å². The minimum Gasteiger partial charge on any atom is -0.295 e. The number of aromatic nitrogens is 2. The fourth-order valence-electron chi connectivity index (χ4n) is 2.30. The fraction of sp³-hybridized carbons (Fsp3) is 0.133. The monoisotopic (exact) mass is 358 g/mol. The maximum atomic E-state index is 6.35. The van der Waals surface area contributed by atoms with Crippen LogP contribution in [0.3, 0.4) is 0 Å². The number of aryl methyl sites for hydroxylation is 1. The van der Waals surface area contributed by atoms with Crippen molar-refractivity contribution in [3.05, 3.63) is 57.3 Å². The molecule has 108 valence electrons. The van der Waals surface area contributed by atoms with Gasteiger partial charge in [-0.05, 0) is 24.3 Å². The van der Waals surface area contributed by atoms with Crippen LogP contribution in [0.4, 0.5) is 0 Å². The second-order valence-corrected chi connectivity index (χ2v) is 6.05. The van der Waals surface area contributed by atoms with Crippen LogP contribution in [-0.2, 0) is 6.42 Å². The Labute approximate surface area is 142 Å². The minimum absolute atomic E-state index is 0.457. The molecule has 3 rings (SSSR count). The first-order valence-corrected chi connectivity index (χ1v) is 7.96. The average Bonchev–Trinajstić information content (AvgIpc) is 2.82. The van der Waals surface area contributed by atoms with Gasteiger partial charge in [0.05, 0.1) is 26.3 Å². The van der Waals surface area contributed by atoms with Crippen molar-refractivity contribution >= 4 is 57.4 Å². The lowest BCUT2D eigenvalue weighted by Gasteiger charge is -2.11. The Balaban J connectivity index is 2.37. The third kappa shape index (κ3) is 2.62. The molecule has 0 unspecified atom stereocenters. The number of nitrogens with zero attached hydrogens (tertiary/aromatic N) is 2. The van der Waals surface area contributed by atoms with Crippen molar-refractivity contribution in [2.24, 2.45) is 0 Å². The maximum Gasteiger partial charge on any atom is 0.115 e. The summed E-state index contributed by atoms with van der Waals surface area (Å²) >= 11 is 24.6. The van der Waals surface area contributed by atoms with E-state index >= 15 is 0 Å². The van der Waals surface area contributed by atoms with Crippen LogP contribution in [0.2, 0.25) is 15.1 Å². The summed E-state index contributed by atoms with van der Waals surface area (Å²) in [5, 5.41) is 1.57. The van der Waals surface area contributed by atoms with E-state index in [0.29, 0.717) is 27.4 Å². The molecule has 2 aromatic carbocycles. The first-order chi connectivity index (χ1) is 10.1. The lowest BCUT2D eigenvalue weighted by molar-refractivity contribution is 0.912. The third-order valence-corrected chi connectivity index (χ3v) is 4.50. The lowest BCUT2D eigenvalue weighted by atomic mass is 10.2. The van der Waals surface area contributed by atoms with Crippen molar-refractivity contribution in [2.75, 3.05) is 5.88 Å². The van der Waals surface area contributed by atoms with Gasteiger partial charge in [-0.2, -0.15) is 0 Å². The van der Waals surface area contributed by atoms with Crippen molar-refractivity contribution in [1.82, 2.24) is 9.55 Å². The van der Waals surface area contributed by atoms with Crippen LogP contribution in [0, 0.1) is 0 Å². The molecule has 3 aromatic rings. The van der Waals surface area contributed by atoms with Crippen LogP contribution >= 0.6 is 46.4 Å². The number of halogens is 4. The number of rotatable bonds is 3. The second-order valence-electron chi connectivity index (χ2n) is 4.48. The van der Waals surface area contributed by atoms with Gasteiger partial charge in [-0.3, -0.25) is 4.57 Å². The molecule has 0 radical (unpaired) electrons. The Hall–Kier alpha value is -0.930. The van der Waals surface area contributed by atoms with Crippen molar-refractivity contribution < 1.29 is 0 Å². The highest BCUT2D eigenvalue weighted by Crippen LogP contribution is 2.33. The molecule has 2 nitrogen and oxygen atoms in total. The molecular formula is C15H10Cl4N2. The quantitative estimate of drug-likeness (QED) is 0.543. The molecule has 21 heavy (non-hydrogen) atoms. The molecule has 0 saturated heterocycles. The first-order valence-electron chi connectivity index (χ1n) is 6.29. The molecule has 1 aromatic heterocycles. The van der Waals surface area contributed by atoms with Gasteiger partial charge in [0, 0.05) is 12.3 Å². The zero-order chi connectivity index (χ0) is 15.0.